The Morgan fingerprint density at radius 3 is 2.83 bits per heavy atom. The van der Waals surface area contributed by atoms with Crippen molar-refractivity contribution in [1.29, 1.82) is 0 Å². The number of aromatic nitrogens is 3. The van der Waals surface area contributed by atoms with Crippen LogP contribution in [0.25, 0.3) is 0 Å². The summed E-state index contributed by atoms with van der Waals surface area (Å²) in [6.07, 6.45) is 4.02. The van der Waals surface area contributed by atoms with Crippen molar-refractivity contribution < 1.29 is 14.3 Å². The molecule has 1 atom stereocenters. The van der Waals surface area contributed by atoms with Crippen LogP contribution in [0.3, 0.4) is 0 Å². The van der Waals surface area contributed by atoms with E-state index in [0.29, 0.717) is 23.2 Å². The highest BCUT2D eigenvalue weighted by Crippen LogP contribution is 2.38. The molecule has 1 aliphatic carbocycles. The van der Waals surface area contributed by atoms with Gasteiger partial charge in [0.15, 0.2) is 5.16 Å². The molecule has 3 rings (SSSR count). The number of thioether (sulfide) groups is 1. The summed E-state index contributed by atoms with van der Waals surface area (Å²) in [4.78, 5) is 12.5. The number of carbonyl (C=O) groups excluding carboxylic acids is 1. The van der Waals surface area contributed by atoms with Crippen molar-refractivity contribution in [2.45, 2.75) is 36.2 Å². The first-order valence-corrected chi connectivity index (χ1v) is 8.59. The van der Waals surface area contributed by atoms with E-state index in [-0.39, 0.29) is 11.2 Å². The molecule has 128 valence electrons. The van der Waals surface area contributed by atoms with Crippen LogP contribution in [0.4, 0.5) is 5.69 Å². The van der Waals surface area contributed by atoms with Crippen LogP contribution in [0.5, 0.6) is 11.5 Å². The number of rotatable bonds is 7. The second-order valence-corrected chi connectivity index (χ2v) is 6.88. The first-order chi connectivity index (χ1) is 11.6. The Bertz CT molecular complexity index is 730. The molecule has 1 fully saturated rings. The predicted molar refractivity (Wildman–Crippen MR) is 91.8 cm³/mol. The number of amides is 1. The summed E-state index contributed by atoms with van der Waals surface area (Å²) < 4.78 is 12.5. The summed E-state index contributed by atoms with van der Waals surface area (Å²) in [5, 5.41) is 11.4. The number of methoxy groups -OCH3 is 2. The van der Waals surface area contributed by atoms with E-state index in [2.05, 4.69) is 15.5 Å². The number of ether oxygens (including phenoxy) is 2. The zero-order valence-electron chi connectivity index (χ0n) is 13.9. The van der Waals surface area contributed by atoms with E-state index >= 15 is 0 Å². The fourth-order valence-corrected chi connectivity index (χ4v) is 3.17. The molecule has 1 amide bonds. The Balaban J connectivity index is 1.68. The summed E-state index contributed by atoms with van der Waals surface area (Å²) in [5.41, 5.74) is 0.581. The molecule has 0 bridgehead atoms. The van der Waals surface area contributed by atoms with Gasteiger partial charge in [0.1, 0.15) is 17.8 Å². The van der Waals surface area contributed by atoms with E-state index in [4.69, 9.17) is 9.47 Å². The van der Waals surface area contributed by atoms with Crippen molar-refractivity contribution in [3.05, 3.63) is 24.5 Å². The lowest BCUT2D eigenvalue weighted by atomic mass is 10.2. The number of nitrogens with zero attached hydrogens (tertiary/aromatic N) is 3. The lowest BCUT2D eigenvalue weighted by Gasteiger charge is -2.15. The maximum atomic E-state index is 12.5. The number of anilines is 1. The van der Waals surface area contributed by atoms with Crippen molar-refractivity contribution >= 4 is 23.4 Å². The lowest BCUT2D eigenvalue weighted by molar-refractivity contribution is -0.115. The topological polar surface area (TPSA) is 78.3 Å². The van der Waals surface area contributed by atoms with Gasteiger partial charge in [0.05, 0.1) is 25.2 Å². The van der Waals surface area contributed by atoms with Crippen LogP contribution >= 0.6 is 11.8 Å². The van der Waals surface area contributed by atoms with Crippen LogP contribution in [0.2, 0.25) is 0 Å². The van der Waals surface area contributed by atoms with Crippen LogP contribution in [-0.2, 0) is 4.79 Å². The van der Waals surface area contributed by atoms with Crippen LogP contribution in [-0.4, -0.2) is 40.1 Å². The lowest BCUT2D eigenvalue weighted by Crippen LogP contribution is -2.23. The quantitative estimate of drug-likeness (QED) is 0.775. The zero-order valence-corrected chi connectivity index (χ0v) is 14.7. The van der Waals surface area contributed by atoms with Gasteiger partial charge in [-0.1, -0.05) is 11.8 Å². The van der Waals surface area contributed by atoms with Gasteiger partial charge in [0, 0.05) is 12.1 Å². The Hall–Kier alpha value is -2.22. The van der Waals surface area contributed by atoms with Crippen LogP contribution in [0.1, 0.15) is 25.8 Å². The van der Waals surface area contributed by atoms with Crippen LogP contribution in [0.15, 0.2) is 29.7 Å². The third-order valence-electron chi connectivity index (χ3n) is 3.80. The van der Waals surface area contributed by atoms with Crippen molar-refractivity contribution in [2.24, 2.45) is 0 Å². The summed E-state index contributed by atoms with van der Waals surface area (Å²) in [6.45, 7) is 1.85. The molecule has 7 nitrogen and oxygen atoms in total. The van der Waals surface area contributed by atoms with Gasteiger partial charge in [-0.05, 0) is 31.9 Å². The van der Waals surface area contributed by atoms with Crippen molar-refractivity contribution in [1.82, 2.24) is 14.8 Å². The summed E-state index contributed by atoms with van der Waals surface area (Å²) in [6, 6.07) is 5.76. The molecular weight excluding hydrogens is 328 g/mol. The highest BCUT2D eigenvalue weighted by Gasteiger charge is 2.28. The molecule has 2 aromatic rings. The Morgan fingerprint density at radius 2 is 2.17 bits per heavy atom. The minimum atomic E-state index is -0.317. The molecule has 1 aromatic carbocycles. The van der Waals surface area contributed by atoms with Gasteiger partial charge < -0.3 is 19.4 Å². The third-order valence-corrected chi connectivity index (χ3v) is 4.87. The minimum Gasteiger partial charge on any atom is -0.497 e. The van der Waals surface area contributed by atoms with Gasteiger partial charge in [0.25, 0.3) is 0 Å². The second kappa shape index (κ2) is 7.12. The molecule has 1 aliphatic rings. The molecule has 1 N–H and O–H groups in total. The van der Waals surface area contributed by atoms with Gasteiger partial charge in [-0.25, -0.2) is 0 Å². The first kappa shape index (κ1) is 16.6. The van der Waals surface area contributed by atoms with E-state index in [9.17, 15) is 4.79 Å². The van der Waals surface area contributed by atoms with Crippen molar-refractivity contribution in [3.63, 3.8) is 0 Å². The molecule has 24 heavy (non-hydrogen) atoms. The molecule has 0 radical (unpaired) electrons. The maximum absolute atomic E-state index is 12.5. The summed E-state index contributed by atoms with van der Waals surface area (Å²) in [7, 11) is 3.14. The number of carbonyl (C=O) groups is 1. The predicted octanol–water partition coefficient (Wildman–Crippen LogP) is 2.75. The largest absolute Gasteiger partial charge is 0.497 e. The molecule has 8 heteroatoms. The van der Waals surface area contributed by atoms with Crippen molar-refractivity contribution in [2.75, 3.05) is 19.5 Å². The van der Waals surface area contributed by atoms with Crippen LogP contribution in [0, 0.1) is 0 Å². The number of benzene rings is 1. The molecule has 1 unspecified atom stereocenters. The first-order valence-electron chi connectivity index (χ1n) is 7.71. The van der Waals surface area contributed by atoms with E-state index in [1.807, 2.05) is 11.5 Å². The van der Waals surface area contributed by atoms with Crippen LogP contribution < -0.4 is 14.8 Å². The molecular formula is C16H20N4O3S. The average Bonchev–Trinajstić information content (AvgIpc) is 3.34. The summed E-state index contributed by atoms with van der Waals surface area (Å²) in [5.74, 6) is 1.11. The molecule has 0 aliphatic heterocycles. The highest BCUT2D eigenvalue weighted by atomic mass is 32.2. The monoisotopic (exact) mass is 348 g/mol. The molecule has 1 aromatic heterocycles. The van der Waals surface area contributed by atoms with E-state index in [1.54, 1.807) is 38.7 Å². The van der Waals surface area contributed by atoms with Crippen molar-refractivity contribution in [3.8, 4) is 11.5 Å². The maximum Gasteiger partial charge on any atom is 0.237 e. The SMILES string of the molecule is COc1ccc(OC)c(NC(=O)C(C)Sc2nncn2C2CC2)c1. The molecule has 1 saturated carbocycles. The molecule has 1 heterocycles. The minimum absolute atomic E-state index is 0.128. The smallest absolute Gasteiger partial charge is 0.237 e. The van der Waals surface area contributed by atoms with Gasteiger partial charge in [-0.2, -0.15) is 0 Å². The number of hydrogen-bond donors (Lipinski definition) is 1. The van der Waals surface area contributed by atoms with Gasteiger partial charge in [-0.15, -0.1) is 10.2 Å². The molecule has 0 spiro atoms. The second-order valence-electron chi connectivity index (χ2n) is 5.57. The number of nitrogens with one attached hydrogen (secondary N) is 1. The molecule has 0 saturated heterocycles. The van der Waals surface area contributed by atoms with E-state index in [1.165, 1.54) is 11.8 Å². The van der Waals surface area contributed by atoms with E-state index < -0.39 is 0 Å². The zero-order chi connectivity index (χ0) is 17.1. The fourth-order valence-electron chi connectivity index (χ4n) is 2.28. The van der Waals surface area contributed by atoms with Gasteiger partial charge in [-0.3, -0.25) is 4.79 Å². The highest BCUT2D eigenvalue weighted by molar-refractivity contribution is 8.00. The Labute approximate surface area is 144 Å². The van der Waals surface area contributed by atoms with E-state index in [0.717, 1.165) is 18.0 Å². The number of hydrogen-bond acceptors (Lipinski definition) is 6. The van der Waals surface area contributed by atoms with Gasteiger partial charge >= 0.3 is 0 Å². The summed E-state index contributed by atoms with van der Waals surface area (Å²) >= 11 is 1.40. The van der Waals surface area contributed by atoms with Gasteiger partial charge in [0.2, 0.25) is 5.91 Å². The third kappa shape index (κ3) is 3.64. The fraction of sp³-hybridized carbons (Fsp3) is 0.438. The normalized spacial score (nSPS) is 15.0. The standard InChI is InChI=1S/C16H20N4O3S/c1-10(24-16-19-17-9-20(16)11-4-5-11)15(21)18-13-8-12(22-2)6-7-14(13)23-3/h6-11H,4-5H2,1-3H3,(H,18,21). The Kier molecular flexibility index (Phi) is 4.94. The Morgan fingerprint density at radius 1 is 1.38 bits per heavy atom. The average molecular weight is 348 g/mol.